The van der Waals surface area contributed by atoms with E-state index in [0.717, 1.165) is 0 Å². The van der Waals surface area contributed by atoms with Crippen LogP contribution in [-0.2, 0) is 4.74 Å². The molecule has 0 aromatic carbocycles. The molecule has 7 heavy (non-hydrogen) atoms. The van der Waals surface area contributed by atoms with Gasteiger partial charge in [-0.3, -0.25) is 0 Å². The number of ether oxygens (including phenoxy) is 1. The molecule has 40 valence electrons. The largest absolute Gasteiger partial charge is 0.454 e. The van der Waals surface area contributed by atoms with Gasteiger partial charge in [-0.1, -0.05) is 0 Å². The second-order valence-corrected chi connectivity index (χ2v) is 1.69. The maximum atomic E-state index is 8.54. The summed E-state index contributed by atoms with van der Waals surface area (Å²) in [6.45, 7) is 0. The third-order valence-electron chi connectivity index (χ3n) is 0.729. The van der Waals surface area contributed by atoms with Crippen molar-refractivity contribution in [2.75, 3.05) is 0 Å². The minimum absolute atomic E-state index is 0.299. The third-order valence-corrected chi connectivity index (χ3v) is 0.972. The zero-order valence-electron chi connectivity index (χ0n) is 3.60. The number of aliphatic hydroxyl groups is 1. The van der Waals surface area contributed by atoms with Crippen molar-refractivity contribution in [1.29, 1.82) is 0 Å². The summed E-state index contributed by atoms with van der Waals surface area (Å²) in [7, 11) is 0. The minimum atomic E-state index is -0.701. The van der Waals surface area contributed by atoms with Crippen molar-refractivity contribution in [2.45, 2.75) is 12.7 Å². The first-order valence-electron chi connectivity index (χ1n) is 1.99. The zero-order chi connectivity index (χ0) is 5.28. The summed E-state index contributed by atoms with van der Waals surface area (Å²) in [5.74, 6) is 0. The summed E-state index contributed by atoms with van der Waals surface area (Å²) in [6.07, 6.45) is 1.44. The van der Waals surface area contributed by atoms with Crippen LogP contribution in [0.2, 0.25) is 0 Å². The maximum absolute atomic E-state index is 8.54. The zero-order valence-corrected chi connectivity index (χ0v) is 4.35. The molecular formula is C4H5ClO2. The van der Waals surface area contributed by atoms with Gasteiger partial charge in [-0.15, -0.1) is 0 Å². The summed E-state index contributed by atoms with van der Waals surface area (Å²) >= 11 is 5.29. The van der Waals surface area contributed by atoms with Crippen LogP contribution in [0.25, 0.3) is 0 Å². The molecule has 0 radical (unpaired) electrons. The molecule has 1 heterocycles. The molecule has 2 nitrogen and oxygen atoms in total. The summed E-state index contributed by atoms with van der Waals surface area (Å²) in [4.78, 5) is 0. The van der Waals surface area contributed by atoms with Crippen molar-refractivity contribution < 1.29 is 9.84 Å². The molecule has 1 rings (SSSR count). The van der Waals surface area contributed by atoms with Crippen molar-refractivity contribution in [3.63, 3.8) is 0 Å². The predicted octanol–water partition coefficient (Wildman–Crippen LogP) is 0.805. The van der Waals surface area contributed by atoms with Crippen molar-refractivity contribution in [3.8, 4) is 0 Å². The average molecular weight is 121 g/mol. The van der Waals surface area contributed by atoms with E-state index in [1.54, 1.807) is 6.08 Å². The predicted molar refractivity (Wildman–Crippen MR) is 25.6 cm³/mol. The second kappa shape index (κ2) is 1.72. The molecule has 1 unspecified atom stereocenters. The standard InChI is InChI=1S/C4H5ClO2/c5-3-1-2-4(6)7-3/h1,4,6H,2H2. The monoisotopic (exact) mass is 120 g/mol. The molecule has 3 heteroatoms. The fraction of sp³-hybridized carbons (Fsp3) is 0.500. The van der Waals surface area contributed by atoms with Gasteiger partial charge in [-0.2, -0.15) is 0 Å². The fourth-order valence-electron chi connectivity index (χ4n) is 0.420. The molecule has 0 aliphatic carbocycles. The van der Waals surface area contributed by atoms with Gasteiger partial charge in [0.05, 0.1) is 0 Å². The van der Waals surface area contributed by atoms with E-state index in [-0.39, 0.29) is 0 Å². The molecule has 1 aliphatic rings. The smallest absolute Gasteiger partial charge is 0.202 e. The number of rotatable bonds is 0. The lowest BCUT2D eigenvalue weighted by atomic mass is 10.4. The first-order chi connectivity index (χ1) is 3.29. The Hall–Kier alpha value is -0.210. The summed E-state index contributed by atoms with van der Waals surface area (Å²) < 4.78 is 4.54. The highest BCUT2D eigenvalue weighted by atomic mass is 35.5. The van der Waals surface area contributed by atoms with Crippen LogP contribution in [0.15, 0.2) is 11.3 Å². The van der Waals surface area contributed by atoms with Crippen LogP contribution < -0.4 is 0 Å². The van der Waals surface area contributed by atoms with E-state index in [2.05, 4.69) is 4.74 Å². The Balaban J connectivity index is 2.42. The lowest BCUT2D eigenvalue weighted by molar-refractivity contribution is -0.0370. The molecule has 0 saturated carbocycles. The molecule has 0 amide bonds. The number of halogens is 1. The highest BCUT2D eigenvalue weighted by molar-refractivity contribution is 6.28. The molecule has 1 N–H and O–H groups in total. The van der Waals surface area contributed by atoms with Gasteiger partial charge in [0.2, 0.25) is 6.29 Å². The number of hydrogen-bond donors (Lipinski definition) is 1. The number of aliphatic hydroxyl groups excluding tert-OH is 1. The van der Waals surface area contributed by atoms with Crippen LogP contribution in [0.3, 0.4) is 0 Å². The van der Waals surface area contributed by atoms with Gasteiger partial charge in [-0.05, 0) is 17.7 Å². The van der Waals surface area contributed by atoms with E-state index in [1.807, 2.05) is 0 Å². The van der Waals surface area contributed by atoms with Crippen LogP contribution in [0.1, 0.15) is 6.42 Å². The lowest BCUT2D eigenvalue weighted by Gasteiger charge is -1.99. The van der Waals surface area contributed by atoms with E-state index < -0.39 is 6.29 Å². The van der Waals surface area contributed by atoms with E-state index >= 15 is 0 Å². The molecule has 1 atom stereocenters. The molecule has 0 bridgehead atoms. The van der Waals surface area contributed by atoms with Crippen LogP contribution in [0.4, 0.5) is 0 Å². The van der Waals surface area contributed by atoms with E-state index in [1.165, 1.54) is 0 Å². The van der Waals surface area contributed by atoms with Gasteiger partial charge in [-0.25, -0.2) is 0 Å². The first kappa shape index (κ1) is 4.94. The lowest BCUT2D eigenvalue weighted by Crippen LogP contribution is -2.00. The number of hydrogen-bond acceptors (Lipinski definition) is 2. The molecule has 0 spiro atoms. The molecule has 0 aromatic rings. The van der Waals surface area contributed by atoms with Gasteiger partial charge < -0.3 is 9.84 Å². The Morgan fingerprint density at radius 1 is 2.00 bits per heavy atom. The van der Waals surface area contributed by atoms with Gasteiger partial charge in [0.1, 0.15) is 0 Å². The van der Waals surface area contributed by atoms with Gasteiger partial charge in [0, 0.05) is 6.42 Å². The van der Waals surface area contributed by atoms with E-state index in [4.69, 9.17) is 16.7 Å². The topological polar surface area (TPSA) is 29.5 Å². The molecule has 0 fully saturated rings. The molecule has 1 aliphatic heterocycles. The Kier molecular flexibility index (Phi) is 1.21. The maximum Gasteiger partial charge on any atom is 0.202 e. The van der Waals surface area contributed by atoms with Gasteiger partial charge in [0.15, 0.2) is 5.22 Å². The fourth-order valence-corrected chi connectivity index (χ4v) is 0.612. The van der Waals surface area contributed by atoms with Crippen LogP contribution >= 0.6 is 11.6 Å². The average Bonchev–Trinajstić information content (AvgIpc) is 1.87. The Bertz CT molecular complexity index is 99.9. The third kappa shape index (κ3) is 1.08. The highest BCUT2D eigenvalue weighted by Crippen LogP contribution is 2.16. The Morgan fingerprint density at radius 2 is 2.71 bits per heavy atom. The van der Waals surface area contributed by atoms with E-state index in [9.17, 15) is 0 Å². The second-order valence-electron chi connectivity index (χ2n) is 1.32. The van der Waals surface area contributed by atoms with Gasteiger partial charge >= 0.3 is 0 Å². The van der Waals surface area contributed by atoms with E-state index in [0.29, 0.717) is 11.6 Å². The first-order valence-corrected chi connectivity index (χ1v) is 2.37. The van der Waals surface area contributed by atoms with Crippen LogP contribution in [0.5, 0.6) is 0 Å². The highest BCUT2D eigenvalue weighted by Gasteiger charge is 2.10. The summed E-state index contributed by atoms with van der Waals surface area (Å²) in [5, 5.41) is 8.84. The van der Waals surface area contributed by atoms with Crippen LogP contribution in [-0.4, -0.2) is 11.4 Å². The van der Waals surface area contributed by atoms with Gasteiger partial charge in [0.25, 0.3) is 0 Å². The van der Waals surface area contributed by atoms with Crippen molar-refractivity contribution in [3.05, 3.63) is 11.3 Å². The van der Waals surface area contributed by atoms with Crippen molar-refractivity contribution in [1.82, 2.24) is 0 Å². The molecule has 0 aromatic heterocycles. The molecular weight excluding hydrogens is 115 g/mol. The quantitative estimate of drug-likeness (QED) is 0.513. The molecule has 0 saturated heterocycles. The van der Waals surface area contributed by atoms with Crippen molar-refractivity contribution >= 4 is 11.6 Å². The Labute approximate surface area is 46.3 Å². The SMILES string of the molecule is OC1CC=C(Cl)O1. The minimum Gasteiger partial charge on any atom is -0.454 e. The van der Waals surface area contributed by atoms with Crippen molar-refractivity contribution in [2.24, 2.45) is 0 Å². The van der Waals surface area contributed by atoms with Crippen LogP contribution in [0, 0.1) is 0 Å². The normalized spacial score (nSPS) is 29.4. The summed E-state index contributed by atoms with van der Waals surface area (Å²) in [6, 6.07) is 0. The Morgan fingerprint density at radius 3 is 2.86 bits per heavy atom. The summed E-state index contributed by atoms with van der Waals surface area (Å²) in [5.41, 5.74) is 0.